The number of pyridine rings is 1. The maximum absolute atomic E-state index is 5.12. The lowest BCUT2D eigenvalue weighted by Gasteiger charge is -2.12. The van der Waals surface area contributed by atoms with Crippen LogP contribution in [-0.4, -0.2) is 19.9 Å². The maximum Gasteiger partial charge on any atom is 0.164 e. The first-order valence-electron chi connectivity index (χ1n) is 15.4. The van der Waals surface area contributed by atoms with E-state index in [9.17, 15) is 0 Å². The van der Waals surface area contributed by atoms with Crippen LogP contribution in [0.3, 0.4) is 0 Å². The van der Waals surface area contributed by atoms with Crippen molar-refractivity contribution in [3.63, 3.8) is 0 Å². The summed E-state index contributed by atoms with van der Waals surface area (Å²) in [6.07, 6.45) is 1.84. The highest BCUT2D eigenvalue weighted by Gasteiger charge is 2.16. The molecule has 4 heteroatoms. The predicted octanol–water partition coefficient (Wildman–Crippen LogP) is 10.5. The quantitative estimate of drug-likeness (QED) is 0.193. The van der Waals surface area contributed by atoms with E-state index in [4.69, 9.17) is 15.0 Å². The zero-order valence-corrected chi connectivity index (χ0v) is 24.8. The van der Waals surface area contributed by atoms with Gasteiger partial charge >= 0.3 is 0 Å². The summed E-state index contributed by atoms with van der Waals surface area (Å²) in [6.45, 7) is 0. The zero-order valence-electron chi connectivity index (χ0n) is 24.8. The summed E-state index contributed by atoms with van der Waals surface area (Å²) >= 11 is 0. The molecule has 0 saturated carbocycles. The summed E-state index contributed by atoms with van der Waals surface area (Å²) in [7, 11) is 0. The second kappa shape index (κ2) is 10.7. The monoisotopic (exact) mass is 586 g/mol. The van der Waals surface area contributed by atoms with Gasteiger partial charge in [0.2, 0.25) is 0 Å². The Kier molecular flexibility index (Phi) is 6.10. The van der Waals surface area contributed by atoms with Crippen LogP contribution in [0.2, 0.25) is 0 Å². The topological polar surface area (TPSA) is 51.6 Å². The molecule has 0 aliphatic carbocycles. The van der Waals surface area contributed by atoms with Gasteiger partial charge in [0, 0.05) is 28.3 Å². The molecule has 0 aliphatic rings. The minimum atomic E-state index is 0.646. The van der Waals surface area contributed by atoms with Crippen LogP contribution in [0, 0.1) is 0 Å². The number of benzene rings is 7. The lowest BCUT2D eigenvalue weighted by molar-refractivity contribution is 1.08. The van der Waals surface area contributed by atoms with Crippen molar-refractivity contribution >= 4 is 43.2 Å². The molecule has 0 N–H and O–H groups in total. The molecule has 4 nitrogen and oxygen atoms in total. The third kappa shape index (κ3) is 4.47. The van der Waals surface area contributed by atoms with Crippen molar-refractivity contribution in [2.24, 2.45) is 0 Å². The third-order valence-corrected chi connectivity index (χ3v) is 8.75. The van der Waals surface area contributed by atoms with Crippen LogP contribution in [0.25, 0.3) is 88.5 Å². The molecule has 0 amide bonds. The van der Waals surface area contributed by atoms with Crippen LogP contribution in [0.1, 0.15) is 0 Å². The molecule has 0 spiro atoms. The Labute approximate surface area is 265 Å². The largest absolute Gasteiger partial charge is 0.256 e. The Morgan fingerprint density at radius 2 is 0.913 bits per heavy atom. The fourth-order valence-corrected chi connectivity index (χ4v) is 6.47. The number of hydrogen-bond acceptors (Lipinski definition) is 4. The van der Waals surface area contributed by atoms with Gasteiger partial charge in [-0.3, -0.25) is 4.98 Å². The Bertz CT molecular complexity index is 2580. The molecular formula is C42H26N4. The summed E-state index contributed by atoms with van der Waals surface area (Å²) in [4.78, 5) is 19.7. The van der Waals surface area contributed by atoms with Crippen LogP contribution in [0.5, 0.6) is 0 Å². The van der Waals surface area contributed by atoms with Crippen molar-refractivity contribution in [3.05, 3.63) is 158 Å². The van der Waals surface area contributed by atoms with Crippen molar-refractivity contribution < 1.29 is 0 Å². The molecule has 9 aromatic rings. The molecule has 2 heterocycles. The van der Waals surface area contributed by atoms with E-state index in [1.807, 2.05) is 48.7 Å². The molecule has 0 fully saturated rings. The number of fused-ring (bicyclic) bond motifs is 6. The van der Waals surface area contributed by atoms with Crippen molar-refractivity contribution in [1.82, 2.24) is 19.9 Å². The lowest BCUT2D eigenvalue weighted by atomic mass is 9.96. The van der Waals surface area contributed by atoms with Crippen molar-refractivity contribution in [2.75, 3.05) is 0 Å². The van der Waals surface area contributed by atoms with E-state index in [1.165, 1.54) is 27.3 Å². The second-order valence-electron chi connectivity index (χ2n) is 11.5. The molecule has 0 saturated heterocycles. The Balaban J connectivity index is 1.22. The number of aromatic nitrogens is 4. The SMILES string of the molecule is c1ccc(-c2ccc3cc(-c4nc(-c5ccccc5)nc(-c5cccc6c5ccc5c7cccnc7ccc65)n4)ccc3c2)cc1. The molecule has 0 bridgehead atoms. The molecule has 0 atom stereocenters. The van der Waals surface area contributed by atoms with Crippen LogP contribution in [0.4, 0.5) is 0 Å². The summed E-state index contributed by atoms with van der Waals surface area (Å²) < 4.78 is 0. The Hall–Kier alpha value is -6.26. The van der Waals surface area contributed by atoms with Gasteiger partial charge in [0.25, 0.3) is 0 Å². The van der Waals surface area contributed by atoms with Gasteiger partial charge in [-0.05, 0) is 67.7 Å². The first-order chi connectivity index (χ1) is 22.8. The minimum absolute atomic E-state index is 0.646. The van der Waals surface area contributed by atoms with Crippen molar-refractivity contribution in [3.8, 4) is 45.3 Å². The van der Waals surface area contributed by atoms with Gasteiger partial charge in [-0.1, -0.05) is 127 Å². The van der Waals surface area contributed by atoms with Gasteiger partial charge in [-0.2, -0.15) is 0 Å². The van der Waals surface area contributed by atoms with E-state index in [2.05, 4.69) is 114 Å². The van der Waals surface area contributed by atoms with Gasteiger partial charge in [-0.25, -0.2) is 15.0 Å². The molecule has 7 aromatic carbocycles. The van der Waals surface area contributed by atoms with E-state index in [-0.39, 0.29) is 0 Å². The first kappa shape index (κ1) is 26.2. The van der Waals surface area contributed by atoms with Crippen LogP contribution < -0.4 is 0 Å². The molecule has 2 aromatic heterocycles. The normalized spacial score (nSPS) is 11.5. The molecule has 0 radical (unpaired) electrons. The van der Waals surface area contributed by atoms with Gasteiger partial charge in [0.1, 0.15) is 0 Å². The molecule has 46 heavy (non-hydrogen) atoms. The summed E-state index contributed by atoms with van der Waals surface area (Å²) in [6, 6.07) is 52.8. The van der Waals surface area contributed by atoms with E-state index in [1.54, 1.807) is 0 Å². The zero-order chi connectivity index (χ0) is 30.5. The minimum Gasteiger partial charge on any atom is -0.256 e. The number of rotatable bonds is 4. The van der Waals surface area contributed by atoms with E-state index in [0.717, 1.165) is 43.8 Å². The molecule has 0 unspecified atom stereocenters. The number of nitrogens with zero attached hydrogens (tertiary/aromatic N) is 4. The lowest BCUT2D eigenvalue weighted by Crippen LogP contribution is -2.00. The fraction of sp³-hybridized carbons (Fsp3) is 0. The Morgan fingerprint density at radius 1 is 0.326 bits per heavy atom. The van der Waals surface area contributed by atoms with Gasteiger partial charge in [0.05, 0.1) is 5.52 Å². The molecule has 0 aliphatic heterocycles. The van der Waals surface area contributed by atoms with Crippen molar-refractivity contribution in [1.29, 1.82) is 0 Å². The Morgan fingerprint density at radius 3 is 1.72 bits per heavy atom. The highest BCUT2D eigenvalue weighted by Crippen LogP contribution is 2.36. The third-order valence-electron chi connectivity index (χ3n) is 8.75. The highest BCUT2D eigenvalue weighted by atomic mass is 15.0. The van der Waals surface area contributed by atoms with E-state index < -0.39 is 0 Å². The number of hydrogen-bond donors (Lipinski definition) is 0. The van der Waals surface area contributed by atoms with Crippen LogP contribution in [0.15, 0.2) is 158 Å². The fourth-order valence-electron chi connectivity index (χ4n) is 6.47. The van der Waals surface area contributed by atoms with Gasteiger partial charge in [0.15, 0.2) is 17.5 Å². The summed E-state index contributed by atoms with van der Waals surface area (Å²) in [5.74, 6) is 1.94. The average molecular weight is 587 g/mol. The molecule has 214 valence electrons. The smallest absolute Gasteiger partial charge is 0.164 e. The molecule has 9 rings (SSSR count). The second-order valence-corrected chi connectivity index (χ2v) is 11.5. The maximum atomic E-state index is 5.12. The highest BCUT2D eigenvalue weighted by molar-refractivity contribution is 6.18. The van der Waals surface area contributed by atoms with E-state index >= 15 is 0 Å². The van der Waals surface area contributed by atoms with Crippen LogP contribution >= 0.6 is 0 Å². The summed E-state index contributed by atoms with van der Waals surface area (Å²) in [5.41, 5.74) is 6.26. The van der Waals surface area contributed by atoms with Gasteiger partial charge in [-0.15, -0.1) is 0 Å². The first-order valence-corrected chi connectivity index (χ1v) is 15.4. The average Bonchev–Trinajstić information content (AvgIpc) is 3.14. The van der Waals surface area contributed by atoms with Gasteiger partial charge < -0.3 is 0 Å². The van der Waals surface area contributed by atoms with E-state index in [0.29, 0.717) is 17.5 Å². The standard InChI is InChI=1S/C42H26N4/c1-3-9-27(10-4-1)29-16-17-31-26-32(19-18-30(31)25-29)41-44-40(28-11-5-2-6-12-28)45-42(46-41)38-14-7-13-33-34-22-23-39-37(15-8-24-43-39)35(34)20-21-36(33)38/h1-26H. The molecular weight excluding hydrogens is 560 g/mol. The predicted molar refractivity (Wildman–Crippen MR) is 189 cm³/mol. The van der Waals surface area contributed by atoms with Crippen LogP contribution in [-0.2, 0) is 0 Å². The summed E-state index contributed by atoms with van der Waals surface area (Å²) in [5, 5.41) is 8.08. The van der Waals surface area contributed by atoms with Crippen molar-refractivity contribution in [2.45, 2.75) is 0 Å².